The zero-order valence-electron chi connectivity index (χ0n) is 11.7. The lowest BCUT2D eigenvalue weighted by atomic mass is 9.93. The van der Waals surface area contributed by atoms with Crippen molar-refractivity contribution in [1.29, 1.82) is 0 Å². The Morgan fingerprint density at radius 2 is 2.32 bits per heavy atom. The van der Waals surface area contributed by atoms with Crippen LogP contribution in [0.4, 0.5) is 5.69 Å². The fourth-order valence-electron chi connectivity index (χ4n) is 2.65. The van der Waals surface area contributed by atoms with Crippen LogP contribution < -0.4 is 15.4 Å². The van der Waals surface area contributed by atoms with E-state index in [1.165, 1.54) is 0 Å². The average Bonchev–Trinajstić information content (AvgIpc) is 2.47. The standard InChI is InChI=1S/C15H22N2O2/c1-11-5-6-13(8-15(11)19-2)17-7-3-4-12(10-17)14(18)9-16/h5-6,8,12H,3-4,7,9-10,16H2,1-2H3. The second-order valence-electron chi connectivity index (χ2n) is 5.11. The van der Waals surface area contributed by atoms with Crippen LogP contribution in [0.15, 0.2) is 18.2 Å². The third kappa shape index (κ3) is 3.07. The Labute approximate surface area is 114 Å². The maximum Gasteiger partial charge on any atom is 0.151 e. The molecule has 1 aliphatic heterocycles. The maximum absolute atomic E-state index is 11.7. The molecule has 1 heterocycles. The lowest BCUT2D eigenvalue weighted by molar-refractivity contribution is -0.121. The van der Waals surface area contributed by atoms with Crippen LogP contribution in [0.2, 0.25) is 0 Å². The largest absolute Gasteiger partial charge is 0.496 e. The van der Waals surface area contributed by atoms with E-state index in [9.17, 15) is 4.79 Å². The van der Waals surface area contributed by atoms with E-state index >= 15 is 0 Å². The van der Waals surface area contributed by atoms with E-state index < -0.39 is 0 Å². The van der Waals surface area contributed by atoms with Crippen LogP contribution in [0.25, 0.3) is 0 Å². The summed E-state index contributed by atoms with van der Waals surface area (Å²) in [4.78, 5) is 14.0. The lowest BCUT2D eigenvalue weighted by Crippen LogP contribution is -2.40. The van der Waals surface area contributed by atoms with Crippen molar-refractivity contribution < 1.29 is 9.53 Å². The summed E-state index contributed by atoms with van der Waals surface area (Å²) in [5.41, 5.74) is 7.71. The van der Waals surface area contributed by atoms with Crippen molar-refractivity contribution in [2.75, 3.05) is 31.6 Å². The van der Waals surface area contributed by atoms with Crippen LogP contribution in [0, 0.1) is 12.8 Å². The van der Waals surface area contributed by atoms with Crippen LogP contribution in [-0.4, -0.2) is 32.5 Å². The van der Waals surface area contributed by atoms with Gasteiger partial charge in [0.05, 0.1) is 13.7 Å². The number of anilines is 1. The molecule has 1 atom stereocenters. The molecule has 2 rings (SSSR count). The summed E-state index contributed by atoms with van der Waals surface area (Å²) in [6.07, 6.45) is 1.99. The Kier molecular flexibility index (Phi) is 4.43. The van der Waals surface area contributed by atoms with Gasteiger partial charge in [-0.3, -0.25) is 4.79 Å². The first-order valence-corrected chi connectivity index (χ1v) is 6.78. The molecule has 0 radical (unpaired) electrons. The van der Waals surface area contributed by atoms with Gasteiger partial charge in [0, 0.05) is 30.8 Å². The zero-order valence-corrected chi connectivity index (χ0v) is 11.7. The number of rotatable bonds is 4. The van der Waals surface area contributed by atoms with Gasteiger partial charge in [0.1, 0.15) is 5.75 Å². The fraction of sp³-hybridized carbons (Fsp3) is 0.533. The second kappa shape index (κ2) is 6.06. The molecule has 0 aromatic heterocycles. The molecule has 4 heteroatoms. The zero-order chi connectivity index (χ0) is 13.8. The van der Waals surface area contributed by atoms with Crippen LogP contribution >= 0.6 is 0 Å². The number of piperidine rings is 1. The number of aryl methyl sites for hydroxylation is 1. The number of benzene rings is 1. The smallest absolute Gasteiger partial charge is 0.151 e. The average molecular weight is 262 g/mol. The van der Waals surface area contributed by atoms with Gasteiger partial charge in [-0.15, -0.1) is 0 Å². The van der Waals surface area contributed by atoms with Crippen molar-refractivity contribution in [2.45, 2.75) is 19.8 Å². The van der Waals surface area contributed by atoms with Crippen molar-refractivity contribution in [3.8, 4) is 5.75 Å². The van der Waals surface area contributed by atoms with Crippen LogP contribution in [-0.2, 0) is 4.79 Å². The quantitative estimate of drug-likeness (QED) is 0.898. The van der Waals surface area contributed by atoms with Crippen molar-refractivity contribution in [3.05, 3.63) is 23.8 Å². The molecule has 104 valence electrons. The SMILES string of the molecule is COc1cc(N2CCCC(C(=O)CN)C2)ccc1C. The third-order valence-electron chi connectivity index (χ3n) is 3.83. The number of methoxy groups -OCH3 is 1. The Morgan fingerprint density at radius 1 is 1.53 bits per heavy atom. The van der Waals surface area contributed by atoms with Crippen molar-refractivity contribution in [2.24, 2.45) is 11.7 Å². The molecule has 1 aliphatic rings. The highest BCUT2D eigenvalue weighted by molar-refractivity contribution is 5.83. The first kappa shape index (κ1) is 13.9. The van der Waals surface area contributed by atoms with Crippen molar-refractivity contribution >= 4 is 11.5 Å². The van der Waals surface area contributed by atoms with Crippen molar-refractivity contribution in [3.63, 3.8) is 0 Å². The van der Waals surface area contributed by atoms with E-state index in [4.69, 9.17) is 10.5 Å². The highest BCUT2D eigenvalue weighted by Gasteiger charge is 2.25. The Hall–Kier alpha value is -1.55. The monoisotopic (exact) mass is 262 g/mol. The van der Waals surface area contributed by atoms with E-state index in [1.807, 2.05) is 13.0 Å². The van der Waals surface area contributed by atoms with Gasteiger partial charge in [0.2, 0.25) is 0 Å². The topological polar surface area (TPSA) is 55.6 Å². The Bertz CT molecular complexity index is 459. The molecule has 1 aromatic rings. The van der Waals surface area contributed by atoms with Gasteiger partial charge < -0.3 is 15.4 Å². The fourth-order valence-corrected chi connectivity index (χ4v) is 2.65. The van der Waals surface area contributed by atoms with E-state index in [0.29, 0.717) is 0 Å². The second-order valence-corrected chi connectivity index (χ2v) is 5.11. The summed E-state index contributed by atoms with van der Waals surface area (Å²) in [6.45, 7) is 3.93. The number of ether oxygens (including phenoxy) is 1. The first-order chi connectivity index (χ1) is 9.15. The van der Waals surface area contributed by atoms with Gasteiger partial charge in [-0.2, -0.15) is 0 Å². The molecular weight excluding hydrogens is 240 g/mol. The van der Waals surface area contributed by atoms with Crippen LogP contribution in [0.5, 0.6) is 5.75 Å². The summed E-state index contributed by atoms with van der Waals surface area (Å²) in [5.74, 6) is 1.14. The molecule has 1 unspecified atom stereocenters. The number of carbonyl (C=O) groups is 1. The molecule has 19 heavy (non-hydrogen) atoms. The first-order valence-electron chi connectivity index (χ1n) is 6.78. The van der Waals surface area contributed by atoms with E-state index in [2.05, 4.69) is 17.0 Å². The number of ketones is 1. The molecule has 0 bridgehead atoms. The number of hydrogen-bond donors (Lipinski definition) is 1. The van der Waals surface area contributed by atoms with Gasteiger partial charge in [-0.25, -0.2) is 0 Å². The normalized spacial score (nSPS) is 19.3. The van der Waals surface area contributed by atoms with E-state index in [1.54, 1.807) is 7.11 Å². The highest BCUT2D eigenvalue weighted by atomic mass is 16.5. The lowest BCUT2D eigenvalue weighted by Gasteiger charge is -2.33. The van der Waals surface area contributed by atoms with Gasteiger partial charge in [0.25, 0.3) is 0 Å². The predicted octanol–water partition coefficient (Wildman–Crippen LogP) is 1.75. The molecule has 0 aliphatic carbocycles. The molecule has 1 saturated heterocycles. The molecule has 2 N–H and O–H groups in total. The minimum Gasteiger partial charge on any atom is -0.496 e. The molecule has 1 aromatic carbocycles. The molecule has 0 saturated carbocycles. The predicted molar refractivity (Wildman–Crippen MR) is 76.7 cm³/mol. The van der Waals surface area contributed by atoms with Crippen LogP contribution in [0.3, 0.4) is 0 Å². The van der Waals surface area contributed by atoms with Gasteiger partial charge >= 0.3 is 0 Å². The van der Waals surface area contributed by atoms with Gasteiger partial charge in [-0.1, -0.05) is 6.07 Å². The van der Waals surface area contributed by atoms with Gasteiger partial charge in [0.15, 0.2) is 5.78 Å². The highest BCUT2D eigenvalue weighted by Crippen LogP contribution is 2.28. The Balaban J connectivity index is 2.15. The minimum absolute atomic E-state index is 0.0750. The summed E-state index contributed by atoms with van der Waals surface area (Å²) in [7, 11) is 1.68. The Morgan fingerprint density at radius 3 is 3.00 bits per heavy atom. The minimum atomic E-state index is 0.0750. The molecule has 4 nitrogen and oxygen atoms in total. The van der Waals surface area contributed by atoms with Gasteiger partial charge in [-0.05, 0) is 31.4 Å². The number of hydrogen-bond acceptors (Lipinski definition) is 4. The maximum atomic E-state index is 11.7. The van der Waals surface area contributed by atoms with E-state index in [-0.39, 0.29) is 18.2 Å². The van der Waals surface area contributed by atoms with Crippen LogP contribution in [0.1, 0.15) is 18.4 Å². The molecule has 0 spiro atoms. The number of nitrogens with two attached hydrogens (primary N) is 1. The number of Topliss-reactive ketones (excluding diaryl/α,β-unsaturated/α-hetero) is 1. The van der Waals surface area contributed by atoms with E-state index in [0.717, 1.165) is 42.9 Å². The molecule has 0 amide bonds. The number of nitrogens with zero attached hydrogens (tertiary/aromatic N) is 1. The summed E-state index contributed by atoms with van der Waals surface area (Å²) < 4.78 is 5.36. The summed E-state index contributed by atoms with van der Waals surface area (Å²) in [5, 5.41) is 0. The van der Waals surface area contributed by atoms with Crippen molar-refractivity contribution in [1.82, 2.24) is 0 Å². The molecule has 1 fully saturated rings. The molecular formula is C15H22N2O2. The third-order valence-corrected chi connectivity index (χ3v) is 3.83. The summed E-state index contributed by atoms with van der Waals surface area (Å²) >= 11 is 0. The number of carbonyl (C=O) groups excluding carboxylic acids is 1. The summed E-state index contributed by atoms with van der Waals surface area (Å²) in [6, 6.07) is 6.19.